The molecule has 4 rings (SSSR count). The lowest BCUT2D eigenvalue weighted by atomic mass is 9.96. The fourth-order valence-corrected chi connectivity index (χ4v) is 4.45. The van der Waals surface area contributed by atoms with Crippen molar-refractivity contribution in [1.82, 2.24) is 0 Å². The SMILES string of the molecule is COc1cc(C(=O)c2ccccc2C#Cc2ccccc2C(=O)c2cc(OC)c(OC)c(OC)c2)cc(OC)c1OC. The van der Waals surface area contributed by atoms with E-state index in [0.717, 1.165) is 0 Å². The maximum Gasteiger partial charge on any atom is 0.203 e. The molecule has 0 radical (unpaired) electrons. The minimum absolute atomic E-state index is 0.277. The zero-order chi connectivity index (χ0) is 30.2. The molecular weight excluding hydrogens is 536 g/mol. The Kier molecular flexibility index (Phi) is 9.35. The predicted molar refractivity (Wildman–Crippen MR) is 158 cm³/mol. The molecule has 0 fully saturated rings. The van der Waals surface area contributed by atoms with Crippen molar-refractivity contribution < 1.29 is 38.0 Å². The molecule has 0 spiro atoms. The fraction of sp³-hybridized carbons (Fsp3) is 0.176. The van der Waals surface area contributed by atoms with Crippen LogP contribution in [0.3, 0.4) is 0 Å². The van der Waals surface area contributed by atoms with Gasteiger partial charge in [0.15, 0.2) is 34.6 Å². The molecule has 0 aliphatic heterocycles. The molecular formula is C34H30O8. The van der Waals surface area contributed by atoms with Gasteiger partial charge in [-0.05, 0) is 48.5 Å². The Labute approximate surface area is 244 Å². The minimum atomic E-state index is -0.277. The van der Waals surface area contributed by atoms with Gasteiger partial charge in [0.2, 0.25) is 11.5 Å². The zero-order valence-corrected chi connectivity index (χ0v) is 24.2. The van der Waals surface area contributed by atoms with Gasteiger partial charge in [-0.25, -0.2) is 0 Å². The van der Waals surface area contributed by atoms with Gasteiger partial charge in [0.25, 0.3) is 0 Å². The van der Waals surface area contributed by atoms with E-state index >= 15 is 0 Å². The van der Waals surface area contributed by atoms with Crippen LogP contribution in [0.5, 0.6) is 34.5 Å². The van der Waals surface area contributed by atoms with Crippen LogP contribution < -0.4 is 28.4 Å². The molecule has 8 heteroatoms. The van der Waals surface area contributed by atoms with Gasteiger partial charge in [-0.15, -0.1) is 0 Å². The van der Waals surface area contributed by atoms with E-state index in [4.69, 9.17) is 28.4 Å². The third-order valence-electron chi connectivity index (χ3n) is 6.53. The molecule has 0 atom stereocenters. The summed E-state index contributed by atoms with van der Waals surface area (Å²) in [5.74, 6) is 7.86. The summed E-state index contributed by atoms with van der Waals surface area (Å²) < 4.78 is 32.4. The smallest absolute Gasteiger partial charge is 0.203 e. The highest BCUT2D eigenvalue weighted by Crippen LogP contribution is 2.40. The van der Waals surface area contributed by atoms with E-state index in [1.165, 1.54) is 42.7 Å². The number of carbonyl (C=O) groups excluding carboxylic acids is 2. The molecule has 8 nitrogen and oxygen atoms in total. The molecule has 0 unspecified atom stereocenters. The van der Waals surface area contributed by atoms with E-state index in [0.29, 0.717) is 67.9 Å². The molecule has 4 aromatic carbocycles. The van der Waals surface area contributed by atoms with Crippen molar-refractivity contribution in [3.8, 4) is 46.3 Å². The second-order valence-corrected chi connectivity index (χ2v) is 8.83. The van der Waals surface area contributed by atoms with Crippen molar-refractivity contribution in [2.45, 2.75) is 0 Å². The Morgan fingerprint density at radius 2 is 0.786 bits per heavy atom. The molecule has 0 amide bonds. The van der Waals surface area contributed by atoms with Crippen molar-refractivity contribution in [2.75, 3.05) is 42.7 Å². The summed E-state index contributed by atoms with van der Waals surface area (Å²) in [7, 11) is 8.95. The first-order chi connectivity index (χ1) is 20.4. The monoisotopic (exact) mass is 566 g/mol. The van der Waals surface area contributed by atoms with Crippen LogP contribution in [0.4, 0.5) is 0 Å². The molecule has 0 saturated carbocycles. The molecule has 0 N–H and O–H groups in total. The summed E-state index contributed by atoms with van der Waals surface area (Å²) in [5.41, 5.74) is 2.44. The number of hydrogen-bond donors (Lipinski definition) is 0. The minimum Gasteiger partial charge on any atom is -0.493 e. The lowest BCUT2D eigenvalue weighted by Crippen LogP contribution is -2.07. The average molecular weight is 567 g/mol. The van der Waals surface area contributed by atoms with Crippen LogP contribution >= 0.6 is 0 Å². The van der Waals surface area contributed by atoms with Crippen molar-refractivity contribution in [3.05, 3.63) is 106 Å². The maximum absolute atomic E-state index is 13.6. The van der Waals surface area contributed by atoms with Crippen LogP contribution in [-0.4, -0.2) is 54.2 Å². The highest BCUT2D eigenvalue weighted by atomic mass is 16.5. The Bertz CT molecular complexity index is 1520. The molecule has 0 aliphatic rings. The quantitative estimate of drug-likeness (QED) is 0.181. The summed E-state index contributed by atoms with van der Waals surface area (Å²) in [6, 6.07) is 20.4. The van der Waals surface area contributed by atoms with Gasteiger partial charge in [-0.2, -0.15) is 0 Å². The van der Waals surface area contributed by atoms with Gasteiger partial charge in [0.1, 0.15) is 0 Å². The van der Waals surface area contributed by atoms with Crippen LogP contribution in [-0.2, 0) is 0 Å². The Balaban J connectivity index is 1.74. The van der Waals surface area contributed by atoms with Gasteiger partial charge in [0.05, 0.1) is 42.7 Å². The van der Waals surface area contributed by atoms with Crippen LogP contribution in [0.25, 0.3) is 0 Å². The van der Waals surface area contributed by atoms with E-state index < -0.39 is 0 Å². The summed E-state index contributed by atoms with van der Waals surface area (Å²) in [4.78, 5) is 27.3. The lowest BCUT2D eigenvalue weighted by molar-refractivity contribution is 0.103. The summed E-state index contributed by atoms with van der Waals surface area (Å²) >= 11 is 0. The zero-order valence-electron chi connectivity index (χ0n) is 24.2. The van der Waals surface area contributed by atoms with E-state index in [2.05, 4.69) is 11.8 Å². The van der Waals surface area contributed by atoms with Crippen molar-refractivity contribution in [1.29, 1.82) is 0 Å². The van der Waals surface area contributed by atoms with E-state index in [1.54, 1.807) is 72.8 Å². The molecule has 0 aromatic heterocycles. The molecule has 0 saturated heterocycles. The number of ketones is 2. The summed E-state index contributed by atoms with van der Waals surface area (Å²) in [5, 5.41) is 0. The first-order valence-corrected chi connectivity index (χ1v) is 12.8. The average Bonchev–Trinajstić information content (AvgIpc) is 3.05. The topological polar surface area (TPSA) is 89.5 Å². The summed E-state index contributed by atoms with van der Waals surface area (Å²) in [6.45, 7) is 0. The van der Waals surface area contributed by atoms with Crippen molar-refractivity contribution in [2.24, 2.45) is 0 Å². The highest BCUT2D eigenvalue weighted by Gasteiger charge is 2.21. The van der Waals surface area contributed by atoms with Gasteiger partial charge < -0.3 is 28.4 Å². The molecule has 42 heavy (non-hydrogen) atoms. The fourth-order valence-electron chi connectivity index (χ4n) is 4.45. The van der Waals surface area contributed by atoms with E-state index in [9.17, 15) is 9.59 Å². The summed E-state index contributed by atoms with van der Waals surface area (Å²) in [6.07, 6.45) is 0. The Hall–Kier alpha value is -5.42. The van der Waals surface area contributed by atoms with Gasteiger partial charge in [0, 0.05) is 33.4 Å². The van der Waals surface area contributed by atoms with Crippen LogP contribution in [0, 0.1) is 11.8 Å². The molecule has 214 valence electrons. The third-order valence-corrected chi connectivity index (χ3v) is 6.53. The number of benzene rings is 4. The van der Waals surface area contributed by atoms with Crippen LogP contribution in [0.2, 0.25) is 0 Å². The second-order valence-electron chi connectivity index (χ2n) is 8.83. The number of hydrogen-bond acceptors (Lipinski definition) is 8. The molecule has 0 heterocycles. The Morgan fingerprint density at radius 1 is 0.476 bits per heavy atom. The lowest BCUT2D eigenvalue weighted by Gasteiger charge is -2.14. The molecule has 4 aromatic rings. The first kappa shape index (κ1) is 29.6. The Morgan fingerprint density at radius 3 is 1.07 bits per heavy atom. The highest BCUT2D eigenvalue weighted by molar-refractivity contribution is 6.12. The molecule has 0 aliphatic carbocycles. The van der Waals surface area contributed by atoms with Crippen LogP contribution in [0.1, 0.15) is 43.0 Å². The van der Waals surface area contributed by atoms with Gasteiger partial charge >= 0.3 is 0 Å². The van der Waals surface area contributed by atoms with Crippen molar-refractivity contribution >= 4 is 11.6 Å². The molecule has 0 bridgehead atoms. The third kappa shape index (κ3) is 5.86. The van der Waals surface area contributed by atoms with E-state index in [-0.39, 0.29) is 11.6 Å². The maximum atomic E-state index is 13.6. The number of ether oxygens (including phenoxy) is 6. The standard InChI is InChI=1S/C34H30O8/c1-37-27-17-23(18-28(38-2)33(27)41-5)31(35)25-13-9-7-11-21(25)15-16-22-12-8-10-14-26(22)32(36)24-19-29(39-3)34(42-6)30(20-24)40-4/h7-14,17-20H,1-6H3. The van der Waals surface area contributed by atoms with Crippen molar-refractivity contribution in [3.63, 3.8) is 0 Å². The van der Waals surface area contributed by atoms with Gasteiger partial charge in [-0.3, -0.25) is 9.59 Å². The second kappa shape index (κ2) is 13.3. The van der Waals surface area contributed by atoms with E-state index in [1.807, 2.05) is 0 Å². The number of rotatable bonds is 10. The number of carbonyl (C=O) groups is 2. The number of methoxy groups -OCH3 is 6. The first-order valence-electron chi connectivity index (χ1n) is 12.8. The normalized spacial score (nSPS) is 10.1. The largest absolute Gasteiger partial charge is 0.493 e. The van der Waals surface area contributed by atoms with Gasteiger partial charge in [-0.1, -0.05) is 36.1 Å². The van der Waals surface area contributed by atoms with Crippen LogP contribution in [0.15, 0.2) is 72.8 Å². The predicted octanol–water partition coefficient (Wildman–Crippen LogP) is 5.60.